The number of benzene rings is 1. The van der Waals surface area contributed by atoms with E-state index in [0.717, 1.165) is 0 Å². The number of aliphatic hydroxyl groups is 1. The number of hydrogen-bond donors (Lipinski definition) is 2. The lowest BCUT2D eigenvalue weighted by Gasteiger charge is -2.12. The van der Waals surface area contributed by atoms with Crippen LogP contribution >= 0.6 is 0 Å². The van der Waals surface area contributed by atoms with Gasteiger partial charge in [-0.2, -0.15) is 0 Å². The number of carbonyl (C=O) groups is 1. The van der Waals surface area contributed by atoms with Gasteiger partial charge in [0, 0.05) is 12.1 Å². The van der Waals surface area contributed by atoms with Crippen LogP contribution in [0.25, 0.3) is 11.7 Å². The van der Waals surface area contributed by atoms with Gasteiger partial charge in [-0.25, -0.2) is 9.37 Å². The number of furan rings is 1. The molecule has 1 unspecified atom stereocenters. The number of rotatable bonds is 6. The Hall–Kier alpha value is -2.93. The second-order valence-corrected chi connectivity index (χ2v) is 5.52. The molecule has 0 saturated carbocycles. The number of carbonyl (C=O) groups excluding carboxylic acids is 1. The van der Waals surface area contributed by atoms with Crippen LogP contribution in [0.4, 0.5) is 4.39 Å². The van der Waals surface area contributed by atoms with Crippen LogP contribution in [0.5, 0.6) is 0 Å². The summed E-state index contributed by atoms with van der Waals surface area (Å²) in [5, 5.41) is 12.6. The number of aromatic nitrogens is 1. The summed E-state index contributed by atoms with van der Waals surface area (Å²) in [7, 11) is 0. The normalized spacial score (nSPS) is 12.1. The maximum Gasteiger partial charge on any atom is 0.263 e. The van der Waals surface area contributed by atoms with Crippen molar-refractivity contribution in [3.05, 3.63) is 65.5 Å². The molecule has 25 heavy (non-hydrogen) atoms. The highest BCUT2D eigenvalue weighted by Crippen LogP contribution is 2.22. The SMILES string of the molecule is Cc1oc(-c2ccco2)nc1CC(=O)NCC(O)c1ccccc1F. The molecule has 0 aliphatic rings. The minimum absolute atomic E-state index is 0.0139. The van der Waals surface area contributed by atoms with E-state index in [1.165, 1.54) is 24.5 Å². The lowest BCUT2D eigenvalue weighted by atomic mass is 10.1. The molecule has 3 rings (SSSR count). The van der Waals surface area contributed by atoms with E-state index in [2.05, 4.69) is 10.3 Å². The van der Waals surface area contributed by atoms with Crippen LogP contribution < -0.4 is 5.32 Å². The Bertz CT molecular complexity index is 858. The van der Waals surface area contributed by atoms with Crippen LogP contribution in [-0.4, -0.2) is 22.5 Å². The van der Waals surface area contributed by atoms with Crippen LogP contribution in [-0.2, 0) is 11.2 Å². The third-order valence-corrected chi connectivity index (χ3v) is 3.71. The van der Waals surface area contributed by atoms with Gasteiger partial charge in [-0.15, -0.1) is 0 Å². The fourth-order valence-corrected chi connectivity index (χ4v) is 2.38. The minimum Gasteiger partial charge on any atom is -0.459 e. The molecule has 0 aliphatic carbocycles. The second-order valence-electron chi connectivity index (χ2n) is 5.52. The van der Waals surface area contributed by atoms with Gasteiger partial charge in [-0.05, 0) is 25.1 Å². The second kappa shape index (κ2) is 7.31. The smallest absolute Gasteiger partial charge is 0.263 e. The van der Waals surface area contributed by atoms with Gasteiger partial charge in [-0.3, -0.25) is 4.79 Å². The first-order chi connectivity index (χ1) is 12.0. The van der Waals surface area contributed by atoms with Gasteiger partial charge in [0.1, 0.15) is 11.6 Å². The number of aliphatic hydroxyl groups excluding tert-OH is 1. The third-order valence-electron chi connectivity index (χ3n) is 3.71. The van der Waals surface area contributed by atoms with Crippen LogP contribution in [0.15, 0.2) is 51.5 Å². The molecule has 1 aromatic carbocycles. The lowest BCUT2D eigenvalue weighted by molar-refractivity contribution is -0.121. The van der Waals surface area contributed by atoms with Crippen LogP contribution in [0.2, 0.25) is 0 Å². The van der Waals surface area contributed by atoms with Gasteiger partial charge < -0.3 is 19.3 Å². The molecule has 130 valence electrons. The largest absolute Gasteiger partial charge is 0.459 e. The molecule has 0 saturated heterocycles. The molecule has 1 amide bonds. The third kappa shape index (κ3) is 3.95. The molecule has 1 atom stereocenters. The molecule has 0 radical (unpaired) electrons. The predicted octanol–water partition coefficient (Wildman–Crippen LogP) is 2.77. The molecule has 2 aromatic heterocycles. The van der Waals surface area contributed by atoms with E-state index < -0.39 is 11.9 Å². The molecule has 0 fully saturated rings. The molecule has 2 N–H and O–H groups in total. The summed E-state index contributed by atoms with van der Waals surface area (Å²) >= 11 is 0. The summed E-state index contributed by atoms with van der Waals surface area (Å²) in [6, 6.07) is 9.32. The van der Waals surface area contributed by atoms with Gasteiger partial charge in [0.2, 0.25) is 5.91 Å². The first-order valence-corrected chi connectivity index (χ1v) is 7.74. The Kier molecular flexibility index (Phi) is 4.95. The summed E-state index contributed by atoms with van der Waals surface area (Å²) < 4.78 is 24.3. The summed E-state index contributed by atoms with van der Waals surface area (Å²) in [6.45, 7) is 1.61. The number of halogens is 1. The molecule has 7 heteroatoms. The van der Waals surface area contributed by atoms with Crippen molar-refractivity contribution in [3.8, 4) is 11.7 Å². The number of nitrogens with zero attached hydrogens (tertiary/aromatic N) is 1. The van der Waals surface area contributed by atoms with Crippen molar-refractivity contribution in [2.24, 2.45) is 0 Å². The van der Waals surface area contributed by atoms with E-state index in [0.29, 0.717) is 23.1 Å². The van der Waals surface area contributed by atoms with Crippen LogP contribution in [0.3, 0.4) is 0 Å². The Balaban J connectivity index is 1.59. The molecular weight excluding hydrogens is 327 g/mol. The number of oxazole rings is 1. The highest BCUT2D eigenvalue weighted by Gasteiger charge is 2.17. The van der Waals surface area contributed by atoms with Crippen LogP contribution in [0.1, 0.15) is 23.1 Å². The quantitative estimate of drug-likeness (QED) is 0.718. The average molecular weight is 344 g/mol. The van der Waals surface area contributed by atoms with Crippen LogP contribution in [0, 0.1) is 12.7 Å². The molecule has 0 bridgehead atoms. The van der Waals surface area contributed by atoms with Crippen molar-refractivity contribution in [2.45, 2.75) is 19.4 Å². The van der Waals surface area contributed by atoms with Crippen molar-refractivity contribution in [2.75, 3.05) is 6.54 Å². The van der Waals surface area contributed by atoms with Crippen molar-refractivity contribution >= 4 is 5.91 Å². The van der Waals surface area contributed by atoms with Gasteiger partial charge in [0.25, 0.3) is 5.89 Å². The first-order valence-electron chi connectivity index (χ1n) is 7.74. The van der Waals surface area contributed by atoms with Crippen molar-refractivity contribution < 1.29 is 23.1 Å². The number of hydrogen-bond acceptors (Lipinski definition) is 5. The Morgan fingerprint density at radius 2 is 2.12 bits per heavy atom. The van der Waals surface area contributed by atoms with Gasteiger partial charge in [0.05, 0.1) is 24.5 Å². The standard InChI is InChI=1S/C18H17FN2O4/c1-11-14(21-18(25-11)16-7-4-8-24-16)9-17(23)20-10-15(22)12-5-2-3-6-13(12)19/h2-8,15,22H,9-10H2,1H3,(H,20,23). The zero-order chi connectivity index (χ0) is 17.8. The summed E-state index contributed by atoms with van der Waals surface area (Å²) in [5.74, 6) is 0.426. The number of amides is 1. The Morgan fingerprint density at radius 1 is 1.32 bits per heavy atom. The van der Waals surface area contributed by atoms with E-state index in [9.17, 15) is 14.3 Å². The molecule has 6 nitrogen and oxygen atoms in total. The highest BCUT2D eigenvalue weighted by atomic mass is 19.1. The van der Waals surface area contributed by atoms with E-state index in [1.807, 2.05) is 0 Å². The fraction of sp³-hybridized carbons (Fsp3) is 0.222. The maximum atomic E-state index is 13.6. The van der Waals surface area contributed by atoms with Crippen molar-refractivity contribution in [3.63, 3.8) is 0 Å². The van der Waals surface area contributed by atoms with Crippen molar-refractivity contribution in [1.82, 2.24) is 10.3 Å². The topological polar surface area (TPSA) is 88.5 Å². The molecule has 3 aromatic rings. The Labute approximate surface area is 143 Å². The predicted molar refractivity (Wildman–Crippen MR) is 87.0 cm³/mol. The lowest BCUT2D eigenvalue weighted by Crippen LogP contribution is -2.30. The Morgan fingerprint density at radius 3 is 2.84 bits per heavy atom. The van der Waals surface area contributed by atoms with Gasteiger partial charge in [0.15, 0.2) is 5.76 Å². The fourth-order valence-electron chi connectivity index (χ4n) is 2.38. The minimum atomic E-state index is -1.12. The number of nitrogens with one attached hydrogen (secondary N) is 1. The highest BCUT2D eigenvalue weighted by molar-refractivity contribution is 5.78. The van der Waals surface area contributed by atoms with Gasteiger partial charge in [-0.1, -0.05) is 18.2 Å². The number of aryl methyl sites for hydroxylation is 1. The van der Waals surface area contributed by atoms with Crippen molar-refractivity contribution in [1.29, 1.82) is 0 Å². The van der Waals surface area contributed by atoms with E-state index in [1.54, 1.807) is 25.1 Å². The molecule has 2 heterocycles. The summed E-state index contributed by atoms with van der Waals surface area (Å²) in [4.78, 5) is 16.3. The zero-order valence-corrected chi connectivity index (χ0v) is 13.5. The average Bonchev–Trinajstić information content (AvgIpc) is 3.23. The first kappa shape index (κ1) is 16.9. The summed E-state index contributed by atoms with van der Waals surface area (Å²) in [6.07, 6.45) is 0.369. The summed E-state index contributed by atoms with van der Waals surface area (Å²) in [5.41, 5.74) is 0.616. The maximum absolute atomic E-state index is 13.6. The monoisotopic (exact) mass is 344 g/mol. The van der Waals surface area contributed by atoms with E-state index >= 15 is 0 Å². The van der Waals surface area contributed by atoms with Gasteiger partial charge >= 0.3 is 0 Å². The van der Waals surface area contributed by atoms with E-state index in [4.69, 9.17) is 8.83 Å². The molecule has 0 spiro atoms. The molecule has 0 aliphatic heterocycles. The van der Waals surface area contributed by atoms with E-state index in [-0.39, 0.29) is 24.4 Å². The molecular formula is C18H17FN2O4. The zero-order valence-electron chi connectivity index (χ0n) is 13.5.